The van der Waals surface area contributed by atoms with Crippen LogP contribution in [0.15, 0.2) is 0 Å². The molecule has 1 atom stereocenters. The molecule has 1 saturated heterocycles. The van der Waals surface area contributed by atoms with Crippen molar-refractivity contribution in [1.29, 1.82) is 0 Å². The summed E-state index contributed by atoms with van der Waals surface area (Å²) in [5, 5.41) is 12.4. The molecule has 2 fully saturated rings. The van der Waals surface area contributed by atoms with Crippen LogP contribution in [0.4, 0.5) is 4.79 Å². The number of urea groups is 1. The van der Waals surface area contributed by atoms with Gasteiger partial charge in [-0.15, -0.1) is 0 Å². The molecule has 2 aliphatic rings. The Kier molecular flexibility index (Phi) is 3.46. The van der Waals surface area contributed by atoms with E-state index in [4.69, 9.17) is 0 Å². The van der Waals surface area contributed by atoms with Gasteiger partial charge in [0.1, 0.15) is 0 Å². The van der Waals surface area contributed by atoms with Gasteiger partial charge in [-0.3, -0.25) is 0 Å². The summed E-state index contributed by atoms with van der Waals surface area (Å²) in [6.45, 7) is 1.19. The van der Waals surface area contributed by atoms with Crippen LogP contribution in [-0.2, 0) is 0 Å². The number of β-amino-alcohol motifs (C(OH)–C–C–N with tert-alkyl or cyclic N) is 1. The lowest BCUT2D eigenvalue weighted by Gasteiger charge is -2.25. The summed E-state index contributed by atoms with van der Waals surface area (Å²) in [6.07, 6.45) is 6.39. The monoisotopic (exact) mass is 212 g/mol. The van der Waals surface area contributed by atoms with E-state index in [1.165, 1.54) is 19.3 Å². The van der Waals surface area contributed by atoms with E-state index in [-0.39, 0.29) is 12.1 Å². The zero-order valence-electron chi connectivity index (χ0n) is 9.11. The second kappa shape index (κ2) is 4.84. The summed E-state index contributed by atoms with van der Waals surface area (Å²) in [5.41, 5.74) is 0. The molecule has 4 nitrogen and oxygen atoms in total. The van der Waals surface area contributed by atoms with Gasteiger partial charge in [0.15, 0.2) is 0 Å². The molecule has 0 aromatic carbocycles. The van der Waals surface area contributed by atoms with E-state index in [0.717, 1.165) is 19.3 Å². The minimum Gasteiger partial charge on any atom is -0.391 e. The first-order chi connectivity index (χ1) is 7.25. The van der Waals surface area contributed by atoms with Gasteiger partial charge >= 0.3 is 6.03 Å². The molecule has 1 unspecified atom stereocenters. The van der Waals surface area contributed by atoms with Crippen molar-refractivity contribution in [2.75, 3.05) is 13.1 Å². The quantitative estimate of drug-likeness (QED) is 0.683. The van der Waals surface area contributed by atoms with Gasteiger partial charge in [0.05, 0.1) is 6.10 Å². The molecule has 2 amide bonds. The number of hydrogen-bond donors (Lipinski definition) is 2. The van der Waals surface area contributed by atoms with Crippen molar-refractivity contribution >= 4 is 6.03 Å². The lowest BCUT2D eigenvalue weighted by atomic mass is 9.96. The molecule has 0 radical (unpaired) electrons. The molecule has 0 bridgehead atoms. The minimum absolute atomic E-state index is 0.0125. The Hall–Kier alpha value is -0.770. The number of nitrogens with one attached hydrogen (secondary N) is 1. The van der Waals surface area contributed by atoms with Crippen molar-refractivity contribution in [3.63, 3.8) is 0 Å². The van der Waals surface area contributed by atoms with E-state index in [2.05, 4.69) is 5.32 Å². The van der Waals surface area contributed by atoms with Crippen LogP contribution in [0.5, 0.6) is 0 Å². The zero-order chi connectivity index (χ0) is 10.7. The number of carbonyl (C=O) groups excluding carboxylic acids is 1. The number of nitrogens with zero attached hydrogens (tertiary/aromatic N) is 1. The topological polar surface area (TPSA) is 52.6 Å². The van der Waals surface area contributed by atoms with Gasteiger partial charge in [0, 0.05) is 19.1 Å². The first-order valence-electron chi connectivity index (χ1n) is 5.99. The molecular formula is C11H20N2O2. The number of aliphatic hydroxyl groups is 1. The molecule has 1 saturated carbocycles. The third-order valence-corrected chi connectivity index (χ3v) is 3.38. The SMILES string of the molecule is O=C(NC1CCCCC1)N1CCC(O)C1. The molecule has 15 heavy (non-hydrogen) atoms. The Morgan fingerprint density at radius 1 is 1.20 bits per heavy atom. The lowest BCUT2D eigenvalue weighted by molar-refractivity contribution is 0.169. The van der Waals surface area contributed by atoms with Crippen LogP contribution in [0, 0.1) is 0 Å². The minimum atomic E-state index is -0.317. The van der Waals surface area contributed by atoms with Crippen molar-refractivity contribution < 1.29 is 9.90 Å². The van der Waals surface area contributed by atoms with Crippen LogP contribution in [0.2, 0.25) is 0 Å². The number of carbonyl (C=O) groups is 1. The van der Waals surface area contributed by atoms with Gasteiger partial charge in [-0.25, -0.2) is 4.79 Å². The van der Waals surface area contributed by atoms with Crippen LogP contribution in [-0.4, -0.2) is 41.3 Å². The number of likely N-dealkylation sites (tertiary alicyclic amines) is 1. The summed E-state index contributed by atoms with van der Waals surface area (Å²) < 4.78 is 0. The van der Waals surface area contributed by atoms with Gasteiger partial charge in [-0.05, 0) is 19.3 Å². The number of hydrogen-bond acceptors (Lipinski definition) is 2. The van der Waals surface area contributed by atoms with Crippen molar-refractivity contribution in [1.82, 2.24) is 10.2 Å². The van der Waals surface area contributed by atoms with Gasteiger partial charge < -0.3 is 15.3 Å². The maximum absolute atomic E-state index is 11.8. The normalized spacial score (nSPS) is 28.1. The molecule has 1 aliphatic heterocycles. The average Bonchev–Trinajstić information content (AvgIpc) is 2.66. The van der Waals surface area contributed by atoms with E-state index in [0.29, 0.717) is 19.1 Å². The Morgan fingerprint density at radius 2 is 1.93 bits per heavy atom. The van der Waals surface area contributed by atoms with Crippen molar-refractivity contribution in [3.05, 3.63) is 0 Å². The molecule has 4 heteroatoms. The van der Waals surface area contributed by atoms with Gasteiger partial charge in [0.2, 0.25) is 0 Å². The fraction of sp³-hybridized carbons (Fsp3) is 0.909. The van der Waals surface area contributed by atoms with Gasteiger partial charge in [-0.2, -0.15) is 0 Å². The average molecular weight is 212 g/mol. The predicted octanol–water partition coefficient (Wildman–Crippen LogP) is 1.10. The molecule has 0 aromatic rings. The summed E-state index contributed by atoms with van der Waals surface area (Å²) >= 11 is 0. The highest BCUT2D eigenvalue weighted by atomic mass is 16.3. The van der Waals surface area contributed by atoms with Crippen LogP contribution >= 0.6 is 0 Å². The third kappa shape index (κ3) is 2.84. The smallest absolute Gasteiger partial charge is 0.317 e. The highest BCUT2D eigenvalue weighted by Crippen LogP contribution is 2.18. The van der Waals surface area contributed by atoms with Gasteiger partial charge in [-0.1, -0.05) is 19.3 Å². The molecule has 2 rings (SSSR count). The van der Waals surface area contributed by atoms with E-state index >= 15 is 0 Å². The van der Waals surface area contributed by atoms with Gasteiger partial charge in [0.25, 0.3) is 0 Å². The number of rotatable bonds is 1. The molecular weight excluding hydrogens is 192 g/mol. The zero-order valence-corrected chi connectivity index (χ0v) is 9.11. The Bertz CT molecular complexity index is 227. The third-order valence-electron chi connectivity index (χ3n) is 3.38. The molecule has 1 heterocycles. The highest BCUT2D eigenvalue weighted by Gasteiger charge is 2.26. The van der Waals surface area contributed by atoms with Crippen LogP contribution in [0.25, 0.3) is 0 Å². The molecule has 0 aromatic heterocycles. The number of amides is 2. The van der Waals surface area contributed by atoms with Crippen molar-refractivity contribution in [3.8, 4) is 0 Å². The maximum atomic E-state index is 11.8. The predicted molar refractivity (Wildman–Crippen MR) is 57.6 cm³/mol. The van der Waals surface area contributed by atoms with E-state index in [9.17, 15) is 9.90 Å². The first kappa shape index (κ1) is 10.7. The fourth-order valence-corrected chi connectivity index (χ4v) is 2.44. The Labute approximate surface area is 90.6 Å². The van der Waals surface area contributed by atoms with Crippen LogP contribution < -0.4 is 5.32 Å². The largest absolute Gasteiger partial charge is 0.391 e. The summed E-state index contributed by atoms with van der Waals surface area (Å²) in [7, 11) is 0. The maximum Gasteiger partial charge on any atom is 0.317 e. The van der Waals surface area contributed by atoms with Crippen molar-refractivity contribution in [2.45, 2.75) is 50.7 Å². The molecule has 1 aliphatic carbocycles. The summed E-state index contributed by atoms with van der Waals surface area (Å²) in [5.74, 6) is 0. The standard InChI is InChI=1S/C11H20N2O2/c14-10-6-7-13(8-10)11(15)12-9-4-2-1-3-5-9/h9-10,14H,1-8H2,(H,12,15). The lowest BCUT2D eigenvalue weighted by Crippen LogP contribution is -2.44. The first-order valence-corrected chi connectivity index (χ1v) is 5.99. The summed E-state index contributed by atoms with van der Waals surface area (Å²) in [4.78, 5) is 13.5. The Morgan fingerprint density at radius 3 is 2.53 bits per heavy atom. The van der Waals surface area contributed by atoms with E-state index < -0.39 is 0 Å². The molecule has 2 N–H and O–H groups in total. The van der Waals surface area contributed by atoms with E-state index in [1.54, 1.807) is 4.90 Å². The highest BCUT2D eigenvalue weighted by molar-refractivity contribution is 5.74. The second-order valence-electron chi connectivity index (χ2n) is 4.67. The fourth-order valence-electron chi connectivity index (χ4n) is 2.44. The van der Waals surface area contributed by atoms with Crippen LogP contribution in [0.3, 0.4) is 0 Å². The second-order valence-corrected chi connectivity index (χ2v) is 4.67. The van der Waals surface area contributed by atoms with E-state index in [1.807, 2.05) is 0 Å². The van der Waals surface area contributed by atoms with Crippen LogP contribution in [0.1, 0.15) is 38.5 Å². The molecule has 86 valence electrons. The Balaban J connectivity index is 1.76. The van der Waals surface area contributed by atoms with Crippen molar-refractivity contribution in [2.24, 2.45) is 0 Å². The number of aliphatic hydroxyl groups excluding tert-OH is 1. The molecule has 0 spiro atoms. The summed E-state index contributed by atoms with van der Waals surface area (Å²) in [6, 6.07) is 0.377.